The van der Waals surface area contributed by atoms with Crippen LogP contribution in [0.1, 0.15) is 26.5 Å². The lowest BCUT2D eigenvalue weighted by Crippen LogP contribution is -2.02. The average Bonchev–Trinajstić information content (AvgIpc) is 2.64. The van der Waals surface area contributed by atoms with Crippen molar-refractivity contribution in [2.45, 2.75) is 33.7 Å². The summed E-state index contributed by atoms with van der Waals surface area (Å²) in [6.45, 7) is 7.18. The minimum absolute atomic E-state index is 0.921. The molecule has 0 N–H and O–H groups in total. The highest BCUT2D eigenvalue weighted by molar-refractivity contribution is 5.18. The van der Waals surface area contributed by atoms with Crippen LogP contribution in [-0.4, -0.2) is 9.55 Å². The molecule has 0 aliphatic rings. The van der Waals surface area contributed by atoms with Crippen LogP contribution in [0.5, 0.6) is 0 Å². The predicted molar refractivity (Wildman–Crippen MR) is 60.2 cm³/mol. The Kier molecular flexibility index (Phi) is 4.17. The summed E-state index contributed by atoms with van der Waals surface area (Å²) in [5.41, 5.74) is 2.61. The molecule has 0 aromatic carbocycles. The van der Waals surface area contributed by atoms with Crippen molar-refractivity contribution >= 4 is 0 Å². The third-order valence-corrected chi connectivity index (χ3v) is 2.27. The summed E-state index contributed by atoms with van der Waals surface area (Å²) in [6, 6.07) is 0. The quantitative estimate of drug-likeness (QED) is 0.667. The number of imidazole rings is 1. The molecule has 2 heteroatoms. The van der Waals surface area contributed by atoms with Gasteiger partial charge in [0.2, 0.25) is 0 Å². The van der Waals surface area contributed by atoms with Gasteiger partial charge in [-0.15, -0.1) is 0 Å². The molecule has 0 amide bonds. The summed E-state index contributed by atoms with van der Waals surface area (Å²) in [4.78, 5) is 4.15. The smallest absolute Gasteiger partial charge is 0.0951 e. The summed E-state index contributed by atoms with van der Waals surface area (Å²) in [7, 11) is 0. The second-order valence-electron chi connectivity index (χ2n) is 3.23. The molecule has 0 aliphatic carbocycles. The van der Waals surface area contributed by atoms with E-state index in [1.807, 2.05) is 19.4 Å². The van der Waals surface area contributed by atoms with Gasteiger partial charge in [0.15, 0.2) is 0 Å². The zero-order valence-electron chi connectivity index (χ0n) is 9.20. The first-order valence-corrected chi connectivity index (χ1v) is 5.08. The lowest BCUT2D eigenvalue weighted by atomic mass is 10.2. The highest BCUT2D eigenvalue weighted by atomic mass is 15.0. The molecule has 2 nitrogen and oxygen atoms in total. The van der Waals surface area contributed by atoms with Gasteiger partial charge in [0.1, 0.15) is 0 Å². The van der Waals surface area contributed by atoms with E-state index in [1.165, 1.54) is 11.3 Å². The van der Waals surface area contributed by atoms with Crippen LogP contribution in [0.15, 0.2) is 36.3 Å². The van der Waals surface area contributed by atoms with Crippen molar-refractivity contribution in [2.75, 3.05) is 0 Å². The zero-order valence-corrected chi connectivity index (χ0v) is 9.20. The molecule has 0 fully saturated rings. The van der Waals surface area contributed by atoms with Crippen LogP contribution >= 0.6 is 0 Å². The van der Waals surface area contributed by atoms with Gasteiger partial charge in [-0.05, 0) is 25.8 Å². The Morgan fingerprint density at radius 3 is 2.86 bits per heavy atom. The maximum Gasteiger partial charge on any atom is 0.0951 e. The number of rotatable bonds is 4. The highest BCUT2D eigenvalue weighted by Crippen LogP contribution is 2.06. The third-order valence-electron chi connectivity index (χ3n) is 2.27. The second-order valence-corrected chi connectivity index (χ2v) is 3.23. The summed E-state index contributed by atoms with van der Waals surface area (Å²) in [5, 5.41) is 0. The van der Waals surface area contributed by atoms with Gasteiger partial charge in [0.25, 0.3) is 0 Å². The van der Waals surface area contributed by atoms with Crippen molar-refractivity contribution in [3.05, 3.63) is 42.0 Å². The maximum absolute atomic E-state index is 4.15. The Balaban J connectivity index is 2.77. The molecule has 0 unspecified atom stereocenters. The molecule has 0 saturated carbocycles. The van der Waals surface area contributed by atoms with Crippen LogP contribution in [0, 0.1) is 0 Å². The monoisotopic (exact) mass is 190 g/mol. The number of hydrogen-bond donors (Lipinski definition) is 0. The lowest BCUT2D eigenvalue weighted by Gasteiger charge is -2.06. The fourth-order valence-corrected chi connectivity index (χ4v) is 1.44. The first kappa shape index (κ1) is 10.8. The van der Waals surface area contributed by atoms with E-state index in [4.69, 9.17) is 0 Å². The molecule has 0 saturated heterocycles. The van der Waals surface area contributed by atoms with E-state index >= 15 is 0 Å². The molecule has 1 rings (SSSR count). The van der Waals surface area contributed by atoms with Crippen molar-refractivity contribution in [3.8, 4) is 0 Å². The molecule has 76 valence electrons. The molecule has 1 aromatic rings. The van der Waals surface area contributed by atoms with Gasteiger partial charge >= 0.3 is 0 Å². The van der Waals surface area contributed by atoms with E-state index in [2.05, 4.69) is 41.6 Å². The Hall–Kier alpha value is -1.31. The third kappa shape index (κ3) is 2.59. The average molecular weight is 190 g/mol. The van der Waals surface area contributed by atoms with E-state index in [0.29, 0.717) is 0 Å². The molecule has 14 heavy (non-hydrogen) atoms. The van der Waals surface area contributed by atoms with Crippen LogP contribution in [0.3, 0.4) is 0 Å². The van der Waals surface area contributed by atoms with Crippen molar-refractivity contribution in [1.82, 2.24) is 9.55 Å². The summed E-state index contributed by atoms with van der Waals surface area (Å²) < 4.78 is 2.19. The zero-order chi connectivity index (χ0) is 10.4. The van der Waals surface area contributed by atoms with Crippen LogP contribution in [0.4, 0.5) is 0 Å². The molecule has 1 aromatic heterocycles. The van der Waals surface area contributed by atoms with E-state index in [9.17, 15) is 0 Å². The molecule has 0 spiro atoms. The molecule has 0 bridgehead atoms. The second kappa shape index (κ2) is 5.43. The normalized spacial score (nSPS) is 12.6. The van der Waals surface area contributed by atoms with Gasteiger partial charge < -0.3 is 4.57 Å². The van der Waals surface area contributed by atoms with Gasteiger partial charge in [-0.1, -0.05) is 25.2 Å². The van der Waals surface area contributed by atoms with Crippen molar-refractivity contribution in [1.29, 1.82) is 0 Å². The van der Waals surface area contributed by atoms with Gasteiger partial charge in [-0.3, -0.25) is 0 Å². The summed E-state index contributed by atoms with van der Waals surface area (Å²) in [5.74, 6) is 0. The Morgan fingerprint density at radius 2 is 2.29 bits per heavy atom. The van der Waals surface area contributed by atoms with E-state index < -0.39 is 0 Å². The Bertz CT molecular complexity index is 332. The SMILES string of the molecule is C/C=C\C(=C/C)Cn1cncc1CC. The van der Waals surface area contributed by atoms with Crippen LogP contribution in [-0.2, 0) is 13.0 Å². The standard InChI is InChI=1S/C12H18N2/c1-4-7-11(5-2)9-14-10-13-8-12(14)6-3/h4-5,7-8,10H,6,9H2,1-3H3/b7-4-,11-5+. The number of allylic oxidation sites excluding steroid dienone is 4. The van der Waals surface area contributed by atoms with Crippen molar-refractivity contribution in [3.63, 3.8) is 0 Å². The minimum atomic E-state index is 0.921. The molecule has 0 atom stereocenters. The first-order chi connectivity index (χ1) is 6.81. The summed E-state index contributed by atoms with van der Waals surface area (Å²) >= 11 is 0. The fraction of sp³-hybridized carbons (Fsp3) is 0.417. The highest BCUT2D eigenvalue weighted by Gasteiger charge is 1.99. The molecule has 0 radical (unpaired) electrons. The van der Waals surface area contributed by atoms with Gasteiger partial charge in [0, 0.05) is 18.4 Å². The molecular formula is C12H18N2. The van der Waals surface area contributed by atoms with Gasteiger partial charge in [0.05, 0.1) is 6.33 Å². The first-order valence-electron chi connectivity index (χ1n) is 5.08. The molecular weight excluding hydrogens is 172 g/mol. The Morgan fingerprint density at radius 1 is 1.50 bits per heavy atom. The maximum atomic E-state index is 4.15. The number of nitrogens with zero attached hydrogens (tertiary/aromatic N) is 2. The van der Waals surface area contributed by atoms with Gasteiger partial charge in [-0.25, -0.2) is 4.98 Å². The van der Waals surface area contributed by atoms with E-state index in [-0.39, 0.29) is 0 Å². The van der Waals surface area contributed by atoms with Crippen molar-refractivity contribution in [2.24, 2.45) is 0 Å². The largest absolute Gasteiger partial charge is 0.330 e. The Labute approximate surface area is 86.0 Å². The topological polar surface area (TPSA) is 17.8 Å². The number of hydrogen-bond acceptors (Lipinski definition) is 1. The summed E-state index contributed by atoms with van der Waals surface area (Å²) in [6.07, 6.45) is 11.2. The lowest BCUT2D eigenvalue weighted by molar-refractivity contribution is 0.745. The fourth-order valence-electron chi connectivity index (χ4n) is 1.44. The van der Waals surface area contributed by atoms with E-state index in [0.717, 1.165) is 13.0 Å². The number of aromatic nitrogens is 2. The molecule has 0 aliphatic heterocycles. The van der Waals surface area contributed by atoms with Crippen molar-refractivity contribution < 1.29 is 0 Å². The van der Waals surface area contributed by atoms with E-state index in [1.54, 1.807) is 0 Å². The molecule has 1 heterocycles. The van der Waals surface area contributed by atoms with Crippen LogP contribution < -0.4 is 0 Å². The number of aryl methyl sites for hydroxylation is 1. The van der Waals surface area contributed by atoms with Gasteiger partial charge in [-0.2, -0.15) is 0 Å². The minimum Gasteiger partial charge on any atom is -0.330 e. The van der Waals surface area contributed by atoms with Crippen LogP contribution in [0.25, 0.3) is 0 Å². The van der Waals surface area contributed by atoms with Crippen LogP contribution in [0.2, 0.25) is 0 Å². The predicted octanol–water partition coefficient (Wildman–Crippen LogP) is 2.97.